The molecule has 2 aromatic rings. The van der Waals surface area contributed by atoms with Crippen LogP contribution in [0.2, 0.25) is 5.02 Å². The van der Waals surface area contributed by atoms with Gasteiger partial charge in [0.15, 0.2) is 0 Å². The van der Waals surface area contributed by atoms with Crippen LogP contribution in [-0.4, -0.2) is 29.6 Å². The molecule has 5 heteroatoms. The summed E-state index contributed by atoms with van der Waals surface area (Å²) in [4.78, 5) is 18.5. The van der Waals surface area contributed by atoms with E-state index < -0.39 is 0 Å². The quantitative estimate of drug-likeness (QED) is 0.751. The first-order valence-electron chi connectivity index (χ1n) is 8.17. The number of carbonyl (C=O) groups excluding carboxylic acids is 1. The topological polar surface area (TPSA) is 23.6 Å². The molecule has 24 heavy (non-hydrogen) atoms. The third-order valence-electron chi connectivity index (χ3n) is 4.89. The fourth-order valence-corrected chi connectivity index (χ4v) is 4.30. The highest BCUT2D eigenvalue weighted by molar-refractivity contribution is 7.98. The average Bonchev–Trinajstić information content (AvgIpc) is 3.18. The zero-order valence-electron chi connectivity index (χ0n) is 13.5. The second kappa shape index (κ2) is 6.43. The van der Waals surface area contributed by atoms with Crippen molar-refractivity contribution in [1.29, 1.82) is 0 Å². The zero-order chi connectivity index (χ0) is 16.7. The SMILES string of the molecule is CSc1ccc(C2N(c3ccc(Cl)cc3)C(=O)C3CCCN32)cc1. The van der Waals surface area contributed by atoms with E-state index in [9.17, 15) is 4.79 Å². The van der Waals surface area contributed by atoms with Crippen molar-refractivity contribution in [3.8, 4) is 0 Å². The second-order valence-corrected chi connectivity index (χ2v) is 7.54. The summed E-state index contributed by atoms with van der Waals surface area (Å²) in [5.74, 6) is 0.203. The predicted octanol–water partition coefficient (Wildman–Crippen LogP) is 4.57. The Morgan fingerprint density at radius 2 is 1.79 bits per heavy atom. The summed E-state index contributed by atoms with van der Waals surface area (Å²) in [7, 11) is 0. The summed E-state index contributed by atoms with van der Waals surface area (Å²) in [6, 6.07) is 16.1. The van der Waals surface area contributed by atoms with Gasteiger partial charge in [0.2, 0.25) is 5.91 Å². The van der Waals surface area contributed by atoms with E-state index in [0.717, 1.165) is 25.1 Å². The Labute approximate surface area is 151 Å². The number of hydrogen-bond acceptors (Lipinski definition) is 3. The summed E-state index contributed by atoms with van der Waals surface area (Å²) >= 11 is 7.75. The van der Waals surface area contributed by atoms with E-state index in [0.29, 0.717) is 5.02 Å². The Bertz CT molecular complexity index is 747. The highest BCUT2D eigenvalue weighted by atomic mass is 35.5. The number of halogens is 1. The molecule has 2 saturated heterocycles. The smallest absolute Gasteiger partial charge is 0.246 e. The van der Waals surface area contributed by atoms with Crippen LogP contribution in [0.3, 0.4) is 0 Å². The number of fused-ring (bicyclic) bond motifs is 1. The van der Waals surface area contributed by atoms with Crippen LogP contribution >= 0.6 is 23.4 Å². The van der Waals surface area contributed by atoms with Crippen LogP contribution in [0.5, 0.6) is 0 Å². The molecular weight excluding hydrogens is 340 g/mol. The molecule has 0 bridgehead atoms. The second-order valence-electron chi connectivity index (χ2n) is 6.23. The van der Waals surface area contributed by atoms with Crippen molar-refractivity contribution in [2.24, 2.45) is 0 Å². The van der Waals surface area contributed by atoms with Crippen molar-refractivity contribution in [1.82, 2.24) is 4.90 Å². The summed E-state index contributed by atoms with van der Waals surface area (Å²) in [5.41, 5.74) is 2.08. The normalized spacial score (nSPS) is 23.8. The molecule has 0 saturated carbocycles. The van der Waals surface area contributed by atoms with Gasteiger partial charge >= 0.3 is 0 Å². The lowest BCUT2D eigenvalue weighted by molar-refractivity contribution is -0.119. The maximum Gasteiger partial charge on any atom is 0.246 e. The van der Waals surface area contributed by atoms with Crippen molar-refractivity contribution in [3.05, 3.63) is 59.1 Å². The lowest BCUT2D eigenvalue weighted by Gasteiger charge is -2.30. The standard InChI is InChI=1S/C19H19ClN2OS/c1-24-16-10-4-13(5-11-16)18-21-12-2-3-17(21)19(23)22(18)15-8-6-14(20)7-9-15/h4-11,17-18H,2-3,12H2,1H3. The first kappa shape index (κ1) is 16.0. The van der Waals surface area contributed by atoms with Gasteiger partial charge in [0.05, 0.1) is 6.04 Å². The summed E-state index contributed by atoms with van der Waals surface area (Å²) in [5, 5.41) is 0.687. The van der Waals surface area contributed by atoms with Crippen LogP contribution in [0.25, 0.3) is 0 Å². The lowest BCUT2D eigenvalue weighted by Crippen LogP contribution is -2.32. The van der Waals surface area contributed by atoms with E-state index in [2.05, 4.69) is 35.4 Å². The number of rotatable bonds is 3. The highest BCUT2D eigenvalue weighted by Gasteiger charge is 2.49. The van der Waals surface area contributed by atoms with Crippen LogP contribution in [-0.2, 0) is 4.79 Å². The number of anilines is 1. The molecular formula is C19H19ClN2OS. The molecule has 2 aliphatic rings. The molecule has 124 valence electrons. The van der Waals surface area contributed by atoms with Crippen molar-refractivity contribution >= 4 is 35.0 Å². The zero-order valence-corrected chi connectivity index (χ0v) is 15.1. The number of hydrogen-bond donors (Lipinski definition) is 0. The first-order chi connectivity index (χ1) is 11.7. The third kappa shape index (κ3) is 2.63. The molecule has 2 aliphatic heterocycles. The van der Waals surface area contributed by atoms with E-state index in [1.807, 2.05) is 29.2 Å². The van der Waals surface area contributed by atoms with Crippen molar-refractivity contribution in [2.45, 2.75) is 29.9 Å². The van der Waals surface area contributed by atoms with Gasteiger partial charge in [0.1, 0.15) is 6.17 Å². The fraction of sp³-hybridized carbons (Fsp3) is 0.316. The summed E-state index contributed by atoms with van der Waals surface area (Å²) in [6.45, 7) is 0.968. The largest absolute Gasteiger partial charge is 0.291 e. The number of benzene rings is 2. The van der Waals surface area contributed by atoms with Crippen molar-refractivity contribution in [2.75, 3.05) is 17.7 Å². The maximum atomic E-state index is 13.0. The molecule has 0 aliphatic carbocycles. The Hall–Kier alpha value is -1.49. The molecule has 0 N–H and O–H groups in total. The van der Waals surface area contributed by atoms with E-state index in [-0.39, 0.29) is 18.1 Å². The van der Waals surface area contributed by atoms with Crippen LogP contribution in [0.1, 0.15) is 24.6 Å². The lowest BCUT2D eigenvalue weighted by atomic mass is 10.1. The number of amides is 1. The van der Waals surface area contributed by atoms with Crippen LogP contribution in [0.4, 0.5) is 5.69 Å². The summed E-state index contributed by atoms with van der Waals surface area (Å²) < 4.78 is 0. The van der Waals surface area contributed by atoms with E-state index >= 15 is 0 Å². The minimum Gasteiger partial charge on any atom is -0.291 e. The average molecular weight is 359 g/mol. The van der Waals surface area contributed by atoms with Gasteiger partial charge in [-0.3, -0.25) is 14.6 Å². The molecule has 2 aromatic carbocycles. The van der Waals surface area contributed by atoms with Crippen molar-refractivity contribution < 1.29 is 4.79 Å². The van der Waals surface area contributed by atoms with Gasteiger partial charge in [0, 0.05) is 22.2 Å². The molecule has 0 radical (unpaired) electrons. The van der Waals surface area contributed by atoms with E-state index in [4.69, 9.17) is 11.6 Å². The van der Waals surface area contributed by atoms with Gasteiger partial charge in [-0.05, 0) is 61.1 Å². The maximum absolute atomic E-state index is 13.0. The fourth-order valence-electron chi connectivity index (χ4n) is 3.76. The number of thioether (sulfide) groups is 1. The van der Waals surface area contributed by atoms with Gasteiger partial charge in [-0.1, -0.05) is 23.7 Å². The van der Waals surface area contributed by atoms with Gasteiger partial charge in [-0.15, -0.1) is 11.8 Å². The molecule has 4 rings (SSSR count). The van der Waals surface area contributed by atoms with Crippen LogP contribution < -0.4 is 4.90 Å². The molecule has 1 amide bonds. The Morgan fingerprint density at radius 3 is 2.46 bits per heavy atom. The monoisotopic (exact) mass is 358 g/mol. The van der Waals surface area contributed by atoms with Gasteiger partial charge in [0.25, 0.3) is 0 Å². The Kier molecular flexibility index (Phi) is 4.29. The molecule has 3 nitrogen and oxygen atoms in total. The Morgan fingerprint density at radius 1 is 1.08 bits per heavy atom. The van der Waals surface area contributed by atoms with Gasteiger partial charge < -0.3 is 0 Å². The highest BCUT2D eigenvalue weighted by Crippen LogP contribution is 2.42. The summed E-state index contributed by atoms with van der Waals surface area (Å²) in [6.07, 6.45) is 4.08. The number of carbonyl (C=O) groups is 1. The number of nitrogens with zero attached hydrogens (tertiary/aromatic N) is 2. The molecule has 2 atom stereocenters. The van der Waals surface area contributed by atoms with Crippen LogP contribution in [0.15, 0.2) is 53.4 Å². The first-order valence-corrected chi connectivity index (χ1v) is 9.77. The Balaban J connectivity index is 1.76. The third-order valence-corrected chi connectivity index (χ3v) is 5.89. The van der Waals surface area contributed by atoms with Gasteiger partial charge in [-0.25, -0.2) is 0 Å². The minimum absolute atomic E-state index is 0.00547. The van der Waals surface area contributed by atoms with Gasteiger partial charge in [-0.2, -0.15) is 0 Å². The van der Waals surface area contributed by atoms with Crippen LogP contribution in [0, 0.1) is 0 Å². The van der Waals surface area contributed by atoms with E-state index in [1.165, 1.54) is 10.5 Å². The molecule has 2 fully saturated rings. The molecule has 2 heterocycles. The van der Waals surface area contributed by atoms with Crippen molar-refractivity contribution in [3.63, 3.8) is 0 Å². The molecule has 2 unspecified atom stereocenters. The predicted molar refractivity (Wildman–Crippen MR) is 99.6 cm³/mol. The van der Waals surface area contributed by atoms with E-state index in [1.54, 1.807) is 11.8 Å². The molecule has 0 spiro atoms. The molecule has 0 aromatic heterocycles. The minimum atomic E-state index is -0.0259.